The average molecular weight is 266 g/mol. The molecule has 0 amide bonds. The second kappa shape index (κ2) is 4.06. The van der Waals surface area contributed by atoms with Crippen molar-refractivity contribution in [1.82, 2.24) is 20.0 Å². The smallest absolute Gasteiger partial charge is 0.195 e. The Labute approximate surface area is 114 Å². The van der Waals surface area contributed by atoms with E-state index >= 15 is 0 Å². The number of furan rings is 1. The van der Waals surface area contributed by atoms with Gasteiger partial charge < -0.3 is 9.32 Å². The number of nitriles is 1. The van der Waals surface area contributed by atoms with Crippen molar-refractivity contribution in [2.75, 3.05) is 18.0 Å². The summed E-state index contributed by atoms with van der Waals surface area (Å²) in [6.45, 7) is 1.56. The van der Waals surface area contributed by atoms with Crippen LogP contribution in [0, 0.1) is 11.3 Å². The van der Waals surface area contributed by atoms with Crippen molar-refractivity contribution in [1.29, 1.82) is 5.26 Å². The Bertz CT molecular complexity index is 807. The van der Waals surface area contributed by atoms with E-state index in [1.165, 1.54) is 0 Å². The van der Waals surface area contributed by atoms with Crippen molar-refractivity contribution in [3.05, 3.63) is 36.5 Å². The first-order valence-electron chi connectivity index (χ1n) is 6.23. The van der Waals surface area contributed by atoms with Gasteiger partial charge in [0.2, 0.25) is 0 Å². The lowest BCUT2D eigenvalue weighted by molar-refractivity contribution is 0.365. The molecule has 3 aromatic rings. The Morgan fingerprint density at radius 3 is 3.05 bits per heavy atom. The first-order valence-corrected chi connectivity index (χ1v) is 6.23. The molecule has 0 saturated carbocycles. The Kier molecular flexibility index (Phi) is 2.23. The van der Waals surface area contributed by atoms with Crippen molar-refractivity contribution in [2.45, 2.75) is 6.04 Å². The molecule has 1 saturated heterocycles. The highest BCUT2D eigenvalue weighted by Crippen LogP contribution is 2.31. The zero-order chi connectivity index (χ0) is 13.5. The monoisotopic (exact) mass is 266 g/mol. The fourth-order valence-corrected chi connectivity index (χ4v) is 2.39. The van der Waals surface area contributed by atoms with Crippen LogP contribution >= 0.6 is 0 Å². The second-order valence-electron chi connectivity index (χ2n) is 4.75. The highest BCUT2D eigenvalue weighted by Gasteiger charge is 2.31. The van der Waals surface area contributed by atoms with E-state index in [1.54, 1.807) is 24.9 Å². The normalized spacial score (nSPS) is 15.2. The molecule has 0 aromatic carbocycles. The zero-order valence-corrected chi connectivity index (χ0v) is 10.5. The van der Waals surface area contributed by atoms with Gasteiger partial charge in [-0.3, -0.25) is 4.68 Å². The first kappa shape index (κ1) is 11.0. The molecule has 98 valence electrons. The third kappa shape index (κ3) is 1.55. The number of aromatic nitrogens is 4. The fourth-order valence-electron chi connectivity index (χ4n) is 2.39. The standard InChI is InChI=1S/C13H10N6O/c14-3-9-4-16-19(6-9)11-7-18(8-11)13-12-10(1-2-20-12)5-15-17-13/h1-2,4-6,11H,7-8H2. The van der Waals surface area contributed by atoms with Crippen molar-refractivity contribution < 1.29 is 4.42 Å². The van der Waals surface area contributed by atoms with E-state index in [0.717, 1.165) is 29.9 Å². The van der Waals surface area contributed by atoms with Crippen LogP contribution in [-0.2, 0) is 0 Å². The molecule has 3 aromatic heterocycles. The maximum atomic E-state index is 8.80. The van der Waals surface area contributed by atoms with Crippen LogP contribution in [0.3, 0.4) is 0 Å². The van der Waals surface area contributed by atoms with E-state index in [9.17, 15) is 0 Å². The maximum absolute atomic E-state index is 8.80. The average Bonchev–Trinajstić information content (AvgIpc) is 3.05. The van der Waals surface area contributed by atoms with Crippen LogP contribution in [0.4, 0.5) is 5.82 Å². The lowest BCUT2D eigenvalue weighted by atomic mass is 10.1. The van der Waals surface area contributed by atoms with Gasteiger partial charge in [-0.25, -0.2) is 0 Å². The number of fused-ring (bicyclic) bond motifs is 1. The van der Waals surface area contributed by atoms with Gasteiger partial charge in [-0.2, -0.15) is 15.5 Å². The van der Waals surface area contributed by atoms with Crippen LogP contribution in [0.15, 0.2) is 35.3 Å². The third-order valence-corrected chi connectivity index (χ3v) is 3.51. The minimum absolute atomic E-state index is 0.254. The number of nitrogens with zero attached hydrogens (tertiary/aromatic N) is 6. The van der Waals surface area contributed by atoms with Crippen LogP contribution in [0.5, 0.6) is 0 Å². The number of rotatable bonds is 2. The molecule has 0 bridgehead atoms. The molecule has 0 unspecified atom stereocenters. The molecule has 0 radical (unpaired) electrons. The van der Waals surface area contributed by atoms with E-state index in [4.69, 9.17) is 9.68 Å². The molecule has 0 aliphatic carbocycles. The summed E-state index contributed by atoms with van der Waals surface area (Å²) in [5.41, 5.74) is 1.34. The van der Waals surface area contributed by atoms with Crippen LogP contribution < -0.4 is 4.90 Å². The molecular weight excluding hydrogens is 256 g/mol. The van der Waals surface area contributed by atoms with Crippen LogP contribution in [0.1, 0.15) is 11.6 Å². The van der Waals surface area contributed by atoms with Gasteiger partial charge in [0.05, 0.1) is 30.3 Å². The summed E-state index contributed by atoms with van der Waals surface area (Å²) >= 11 is 0. The molecular formula is C13H10N6O. The van der Waals surface area contributed by atoms with Gasteiger partial charge in [0.1, 0.15) is 6.07 Å². The topological polar surface area (TPSA) is 83.8 Å². The van der Waals surface area contributed by atoms with E-state index in [-0.39, 0.29) is 6.04 Å². The Morgan fingerprint density at radius 1 is 1.35 bits per heavy atom. The van der Waals surface area contributed by atoms with E-state index < -0.39 is 0 Å². The molecule has 20 heavy (non-hydrogen) atoms. The molecule has 0 spiro atoms. The third-order valence-electron chi connectivity index (χ3n) is 3.51. The molecule has 7 nitrogen and oxygen atoms in total. The van der Waals surface area contributed by atoms with Crippen LogP contribution in [-0.4, -0.2) is 33.1 Å². The molecule has 4 rings (SSSR count). The van der Waals surface area contributed by atoms with Gasteiger partial charge in [0.15, 0.2) is 11.4 Å². The summed E-state index contributed by atoms with van der Waals surface area (Å²) in [5, 5.41) is 22.1. The summed E-state index contributed by atoms with van der Waals surface area (Å²) in [6.07, 6.45) is 6.67. The lowest BCUT2D eigenvalue weighted by Crippen LogP contribution is -2.48. The molecule has 1 fully saturated rings. The predicted molar refractivity (Wildman–Crippen MR) is 70.0 cm³/mol. The van der Waals surface area contributed by atoms with Crippen LogP contribution in [0.2, 0.25) is 0 Å². The van der Waals surface area contributed by atoms with Crippen molar-refractivity contribution in [2.24, 2.45) is 0 Å². The Morgan fingerprint density at radius 2 is 2.25 bits per heavy atom. The zero-order valence-electron chi connectivity index (χ0n) is 10.5. The number of anilines is 1. The van der Waals surface area contributed by atoms with Crippen molar-refractivity contribution in [3.63, 3.8) is 0 Å². The van der Waals surface area contributed by atoms with Crippen molar-refractivity contribution in [3.8, 4) is 6.07 Å². The Balaban J connectivity index is 1.56. The van der Waals surface area contributed by atoms with Crippen LogP contribution in [0.25, 0.3) is 11.0 Å². The quantitative estimate of drug-likeness (QED) is 0.696. The van der Waals surface area contributed by atoms with Gasteiger partial charge in [-0.1, -0.05) is 0 Å². The highest BCUT2D eigenvalue weighted by atomic mass is 16.3. The van der Waals surface area contributed by atoms with Gasteiger partial charge in [-0.05, 0) is 6.07 Å². The van der Waals surface area contributed by atoms with Crippen molar-refractivity contribution >= 4 is 16.8 Å². The summed E-state index contributed by atoms with van der Waals surface area (Å²) in [7, 11) is 0. The molecule has 1 aliphatic heterocycles. The van der Waals surface area contributed by atoms with Gasteiger partial charge >= 0.3 is 0 Å². The Hall–Kier alpha value is -2.88. The molecule has 1 aliphatic rings. The maximum Gasteiger partial charge on any atom is 0.195 e. The predicted octanol–water partition coefficient (Wildman–Crippen LogP) is 1.35. The minimum Gasteiger partial charge on any atom is -0.460 e. The summed E-state index contributed by atoms with van der Waals surface area (Å²) in [4.78, 5) is 2.09. The molecule has 4 heterocycles. The molecule has 0 N–H and O–H groups in total. The first-order chi connectivity index (χ1) is 9.85. The molecule has 7 heteroatoms. The fraction of sp³-hybridized carbons (Fsp3) is 0.231. The summed E-state index contributed by atoms with van der Waals surface area (Å²) < 4.78 is 7.28. The lowest BCUT2D eigenvalue weighted by Gasteiger charge is -2.39. The summed E-state index contributed by atoms with van der Waals surface area (Å²) in [6, 6.07) is 4.21. The minimum atomic E-state index is 0.254. The second-order valence-corrected chi connectivity index (χ2v) is 4.75. The van der Waals surface area contributed by atoms with E-state index in [2.05, 4.69) is 26.3 Å². The summed E-state index contributed by atoms with van der Waals surface area (Å²) in [5.74, 6) is 0.761. The van der Waals surface area contributed by atoms with E-state index in [0.29, 0.717) is 5.56 Å². The van der Waals surface area contributed by atoms with Gasteiger partial charge in [0.25, 0.3) is 0 Å². The largest absolute Gasteiger partial charge is 0.460 e. The number of hydrogen-bond donors (Lipinski definition) is 0. The highest BCUT2D eigenvalue weighted by molar-refractivity contribution is 5.86. The van der Waals surface area contributed by atoms with Gasteiger partial charge in [-0.15, -0.1) is 5.10 Å². The SMILES string of the molecule is N#Cc1cnn(C2CN(c3nncc4ccoc34)C2)c1. The number of hydrogen-bond acceptors (Lipinski definition) is 6. The molecule has 0 atom stereocenters. The van der Waals surface area contributed by atoms with Gasteiger partial charge in [0, 0.05) is 24.7 Å². The van der Waals surface area contributed by atoms with E-state index in [1.807, 2.05) is 10.7 Å².